The topological polar surface area (TPSA) is 484 Å². The number of azo groups is 4. The molecule has 0 aliphatic heterocycles. The number of hydrogen-bond acceptors (Lipinski definition) is 25. The average molecular weight is 1190 g/mol. The number of nitrogens with zero attached hydrogens (tertiary/aromatic N) is 8. The Labute approximate surface area is 537 Å². The van der Waals surface area contributed by atoms with Gasteiger partial charge < -0.3 is 47.6 Å². The zero-order valence-electron chi connectivity index (χ0n) is 41.4. The number of hydrogen-bond donors (Lipinski definition) is 7. The van der Waals surface area contributed by atoms with Crippen molar-refractivity contribution in [3.05, 3.63) is 121 Å². The van der Waals surface area contributed by atoms with Gasteiger partial charge in [0.1, 0.15) is 41.4 Å². The van der Waals surface area contributed by atoms with Crippen molar-refractivity contribution in [1.29, 1.82) is 0 Å². The first-order chi connectivity index (χ1) is 35.1. The van der Waals surface area contributed by atoms with Crippen LogP contribution in [0.4, 0.5) is 79.6 Å². The van der Waals surface area contributed by atoms with Gasteiger partial charge >= 0.3 is 118 Å². The Kier molecular flexibility index (Phi) is 22.1. The normalized spacial score (nSPS) is 12.2. The minimum Gasteiger partial charge on any atom is -0.871 e. The molecular weight excluding hydrogens is 1150 g/mol. The van der Waals surface area contributed by atoms with E-state index in [0.717, 1.165) is 48.5 Å². The van der Waals surface area contributed by atoms with E-state index in [0.29, 0.717) is 5.69 Å². The number of fused-ring (bicyclic) bond motifs is 2. The van der Waals surface area contributed by atoms with Gasteiger partial charge in [0.2, 0.25) is 0 Å². The van der Waals surface area contributed by atoms with Crippen LogP contribution in [0.3, 0.4) is 0 Å². The second-order valence-corrected chi connectivity index (χ2v) is 21.2. The van der Waals surface area contributed by atoms with Gasteiger partial charge in [0, 0.05) is 11.4 Å². The first-order valence-electron chi connectivity index (χ1n) is 20.6. The van der Waals surface area contributed by atoms with Crippen LogP contribution in [0.25, 0.3) is 21.5 Å². The second kappa shape index (κ2) is 26.2. The van der Waals surface area contributed by atoms with Gasteiger partial charge in [0.25, 0.3) is 20.2 Å². The molecule has 0 atom stereocenters. The van der Waals surface area contributed by atoms with E-state index < -0.39 is 94.3 Å². The van der Waals surface area contributed by atoms with Gasteiger partial charge in [-0.3, -0.25) is 9.11 Å². The van der Waals surface area contributed by atoms with E-state index in [1.54, 1.807) is 6.07 Å². The quantitative estimate of drug-likeness (QED) is 0.0237. The van der Waals surface area contributed by atoms with Gasteiger partial charge in [-0.1, -0.05) is 23.6 Å². The second-order valence-electron chi connectivity index (χ2n) is 15.7. The zero-order chi connectivity index (χ0) is 54.4. The Hall–Kier alpha value is -5.08. The third kappa shape index (κ3) is 15.7. The van der Waals surface area contributed by atoms with Crippen molar-refractivity contribution in [1.82, 2.24) is 0 Å². The Morgan fingerprint density at radius 1 is 0.405 bits per heavy atom. The summed E-state index contributed by atoms with van der Waals surface area (Å²) in [4.78, 5) is -3.56. The van der Waals surface area contributed by atoms with Crippen molar-refractivity contribution in [2.24, 2.45) is 40.9 Å². The number of nitrogen functional groups attached to an aromatic ring is 4. The molecule has 8 aromatic rings. The van der Waals surface area contributed by atoms with Gasteiger partial charge in [-0.05, 0) is 131 Å². The third-order valence-corrected chi connectivity index (χ3v) is 14.0. The number of benzene rings is 8. The van der Waals surface area contributed by atoms with E-state index >= 15 is 0 Å². The molecule has 79 heavy (non-hydrogen) atoms. The number of nitrogens with two attached hydrogens (primary N) is 4. The Morgan fingerprint density at radius 3 is 1.32 bits per heavy atom. The van der Waals surface area contributed by atoms with Gasteiger partial charge in [-0.15, -0.1) is 20.5 Å². The van der Waals surface area contributed by atoms with Crippen molar-refractivity contribution in [2.45, 2.75) is 19.6 Å². The van der Waals surface area contributed by atoms with Gasteiger partial charge in [-0.2, -0.15) is 37.3 Å². The molecule has 0 saturated carbocycles. The Balaban J connectivity index is 0.00000336. The van der Waals surface area contributed by atoms with Crippen molar-refractivity contribution in [2.75, 3.05) is 28.3 Å². The first kappa shape index (κ1) is 66.4. The van der Waals surface area contributed by atoms with Crippen LogP contribution >= 0.6 is 0 Å². The fourth-order valence-corrected chi connectivity index (χ4v) is 9.56. The molecule has 0 heterocycles. The molecular formula is C44H31N13Na4O14S4. The predicted molar refractivity (Wildman–Crippen MR) is 266 cm³/mol. The van der Waals surface area contributed by atoms with Crippen LogP contribution in [0.1, 0.15) is 0 Å². The maximum Gasteiger partial charge on any atom is 1.00 e. The zero-order valence-corrected chi connectivity index (χ0v) is 52.6. The molecule has 0 spiro atoms. The molecule has 11 N–H and O–H groups in total. The molecule has 0 aromatic heterocycles. The molecule has 35 heteroatoms. The largest absolute Gasteiger partial charge is 1.00 e. The van der Waals surface area contributed by atoms with Gasteiger partial charge in [-0.25, -0.2) is 16.8 Å². The summed E-state index contributed by atoms with van der Waals surface area (Å²) < 4.78 is 142. The summed E-state index contributed by atoms with van der Waals surface area (Å²) in [5.41, 5.74) is 21.0. The van der Waals surface area contributed by atoms with E-state index in [1.807, 2.05) is 0 Å². The molecule has 0 radical (unpaired) electrons. The average Bonchev–Trinajstić information content (AvgIpc) is 3.33. The number of nitrogens with one attached hydrogen (secondary N) is 1. The molecule has 0 bridgehead atoms. The fourth-order valence-electron chi connectivity index (χ4n) is 7.00. The SMILES string of the molecule is Nc1ccc(N=Nc2ccc3cc(S(=O)(=O)O)c(N=Nc4ccc(Nc5ccc(N=Nc6c(S(=O)(=O)O)cc7ccc(N=Nc8cc(S(=O)(=O)[O-])c(N)cc8N)cc7c6[O-])cc5S(=O)(=O)[O-])cc4)c([O-])c3c2)c(N)c1.[Na+].[Na+].[Na+].[Na+]. The van der Waals surface area contributed by atoms with Crippen molar-refractivity contribution >= 4 is 142 Å². The summed E-state index contributed by atoms with van der Waals surface area (Å²) >= 11 is 0. The minimum atomic E-state index is -5.32. The van der Waals surface area contributed by atoms with Crippen LogP contribution in [0.15, 0.2) is 182 Å². The maximum absolute atomic E-state index is 13.7. The summed E-state index contributed by atoms with van der Waals surface area (Å²) in [6.45, 7) is 0. The first-order valence-corrected chi connectivity index (χ1v) is 26.3. The molecule has 384 valence electrons. The Morgan fingerprint density at radius 2 is 0.835 bits per heavy atom. The molecule has 0 aliphatic rings. The summed E-state index contributed by atoms with van der Waals surface area (Å²) in [6, 6.07) is 24.2. The maximum atomic E-state index is 13.7. The van der Waals surface area contributed by atoms with Crippen LogP contribution in [-0.4, -0.2) is 51.9 Å². The summed E-state index contributed by atoms with van der Waals surface area (Å²) in [7, 11) is -20.6. The van der Waals surface area contributed by atoms with E-state index in [1.165, 1.54) is 66.7 Å². The molecule has 8 rings (SSSR count). The Bertz CT molecular complexity index is 4320. The molecule has 0 saturated heterocycles. The third-order valence-electron chi connectivity index (χ3n) is 10.5. The molecule has 27 nitrogen and oxygen atoms in total. The standard InChI is InChI=1S/C44H35N13O14S4.4Na/c45-23-3-11-34(31(46)15-23)54-51-26-4-1-21-13-39(74(66,67)68)41(43(58)29(21)16-26)56-50-25-8-6-24(7-9-25)49-35-12-10-28(18-38(35)73(63,64)65)53-57-42-40(75(69,70)71)14-22-2-5-27(17-30(22)44(42)59)52-55-36-20-37(72(60,61)62)33(48)19-32(36)47;;;;/h1-20,49,58-59H,45-48H2,(H,60,61,62)(H,63,64,65)(H,66,67,68)(H,69,70,71);;;;/q;4*+1/p-4. The summed E-state index contributed by atoms with van der Waals surface area (Å²) in [5.74, 6) is -2.07. The van der Waals surface area contributed by atoms with Crippen LogP contribution in [0.5, 0.6) is 11.5 Å². The minimum absolute atomic E-state index is 0. The number of rotatable bonds is 14. The molecule has 0 aliphatic carbocycles. The van der Waals surface area contributed by atoms with Crippen molar-refractivity contribution in [3.8, 4) is 11.5 Å². The van der Waals surface area contributed by atoms with Crippen LogP contribution < -0.4 is 157 Å². The van der Waals surface area contributed by atoms with E-state index in [2.05, 4.69) is 46.2 Å². The molecule has 0 unspecified atom stereocenters. The van der Waals surface area contributed by atoms with Crippen LogP contribution in [-0.2, 0) is 40.5 Å². The van der Waals surface area contributed by atoms with E-state index in [9.17, 15) is 62.1 Å². The molecule has 0 fully saturated rings. The van der Waals surface area contributed by atoms with Crippen LogP contribution in [0.2, 0.25) is 0 Å². The number of anilines is 6. The van der Waals surface area contributed by atoms with E-state index in [4.69, 9.17) is 22.9 Å². The van der Waals surface area contributed by atoms with Crippen molar-refractivity contribution < 1.29 is 180 Å². The van der Waals surface area contributed by atoms with Gasteiger partial charge in [0.15, 0.2) is 0 Å². The fraction of sp³-hybridized carbons (Fsp3) is 0. The van der Waals surface area contributed by atoms with Crippen LogP contribution in [0, 0.1) is 0 Å². The molecule has 0 amide bonds. The molecule has 8 aromatic carbocycles. The predicted octanol–water partition coefficient (Wildman–Crippen LogP) is -3.81. The smallest absolute Gasteiger partial charge is 0.871 e. The monoisotopic (exact) mass is 1190 g/mol. The van der Waals surface area contributed by atoms with Crippen molar-refractivity contribution in [3.63, 3.8) is 0 Å². The summed E-state index contributed by atoms with van der Waals surface area (Å²) in [6.07, 6.45) is 0. The van der Waals surface area contributed by atoms with E-state index in [-0.39, 0.29) is 191 Å². The van der Waals surface area contributed by atoms with Gasteiger partial charge in [0.05, 0.1) is 66.7 Å². The summed E-state index contributed by atoms with van der Waals surface area (Å²) in [5, 5.41) is 61.1.